The van der Waals surface area contributed by atoms with Gasteiger partial charge in [0.2, 0.25) is 0 Å². The van der Waals surface area contributed by atoms with Gasteiger partial charge in [0.1, 0.15) is 5.82 Å². The maximum Gasteiger partial charge on any atom is 0.124 e. The van der Waals surface area contributed by atoms with Crippen molar-refractivity contribution in [2.45, 2.75) is 32.7 Å². The minimum Gasteiger partial charge on any atom is -0.310 e. The Morgan fingerprint density at radius 2 is 1.71 bits per heavy atom. The first-order chi connectivity index (χ1) is 10.1. The number of aryl methyl sites for hydroxylation is 1. The van der Waals surface area contributed by atoms with Crippen LogP contribution in [0.4, 0.5) is 4.39 Å². The largest absolute Gasteiger partial charge is 0.310 e. The number of benzene rings is 2. The van der Waals surface area contributed by atoms with Gasteiger partial charge >= 0.3 is 0 Å². The Hall–Kier alpha value is -1.19. The molecule has 0 saturated heterocycles. The second-order valence-electron chi connectivity index (χ2n) is 5.15. The normalized spacial score (nSPS) is 12.4. The maximum absolute atomic E-state index is 13.3. The Labute approximate surface area is 134 Å². The molecule has 0 aliphatic heterocycles. The zero-order chi connectivity index (χ0) is 15.2. The summed E-state index contributed by atoms with van der Waals surface area (Å²) in [6.45, 7) is 5.12. The zero-order valence-electron chi connectivity index (χ0n) is 12.5. The maximum atomic E-state index is 13.3. The quantitative estimate of drug-likeness (QED) is 0.769. The van der Waals surface area contributed by atoms with E-state index >= 15 is 0 Å². The molecule has 0 bridgehead atoms. The Bertz CT molecular complexity index is 580. The van der Waals surface area contributed by atoms with Crippen molar-refractivity contribution < 1.29 is 4.39 Å². The predicted molar refractivity (Wildman–Crippen MR) is 90.0 cm³/mol. The van der Waals surface area contributed by atoms with Crippen molar-refractivity contribution in [3.8, 4) is 0 Å². The average Bonchev–Trinajstić information content (AvgIpc) is 2.48. The summed E-state index contributed by atoms with van der Waals surface area (Å²) in [6.07, 6.45) is 1.95. The third kappa shape index (κ3) is 4.39. The molecule has 0 aromatic heterocycles. The number of nitrogens with one attached hydrogen (secondary N) is 1. The summed E-state index contributed by atoms with van der Waals surface area (Å²) in [5.41, 5.74) is 3.73. The van der Waals surface area contributed by atoms with Crippen LogP contribution in [0.2, 0.25) is 0 Å². The lowest BCUT2D eigenvalue weighted by molar-refractivity contribution is 0.545. The van der Waals surface area contributed by atoms with E-state index in [1.54, 1.807) is 0 Å². The van der Waals surface area contributed by atoms with Gasteiger partial charge in [0, 0.05) is 10.5 Å². The molecule has 0 radical (unpaired) electrons. The first kappa shape index (κ1) is 16.2. The van der Waals surface area contributed by atoms with Crippen molar-refractivity contribution in [3.05, 3.63) is 69.4 Å². The number of halogens is 2. The van der Waals surface area contributed by atoms with E-state index in [9.17, 15) is 4.39 Å². The molecule has 1 N–H and O–H groups in total. The van der Waals surface area contributed by atoms with Crippen LogP contribution in [0.1, 0.15) is 36.6 Å². The molecule has 112 valence electrons. The number of likely N-dealkylation sites (N-methyl/N-ethyl adjacent to an activating group) is 1. The molecule has 0 fully saturated rings. The molecule has 21 heavy (non-hydrogen) atoms. The molecule has 0 heterocycles. The minimum atomic E-state index is -0.215. The number of rotatable bonds is 6. The van der Waals surface area contributed by atoms with E-state index in [0.29, 0.717) is 0 Å². The van der Waals surface area contributed by atoms with Crippen LogP contribution < -0.4 is 5.32 Å². The van der Waals surface area contributed by atoms with E-state index in [4.69, 9.17) is 0 Å². The summed E-state index contributed by atoms with van der Waals surface area (Å²) in [4.78, 5) is 0. The van der Waals surface area contributed by atoms with E-state index in [1.807, 2.05) is 6.07 Å². The first-order valence-electron chi connectivity index (χ1n) is 7.40. The highest BCUT2D eigenvalue weighted by molar-refractivity contribution is 9.10. The van der Waals surface area contributed by atoms with Crippen molar-refractivity contribution in [2.75, 3.05) is 6.54 Å². The summed E-state index contributed by atoms with van der Waals surface area (Å²) in [5, 5.41) is 3.48. The number of hydrogen-bond acceptors (Lipinski definition) is 1. The Balaban J connectivity index is 2.21. The van der Waals surface area contributed by atoms with E-state index in [-0.39, 0.29) is 11.9 Å². The SMILES string of the molecule is CCNC(Cc1ccc(CC)cc1)c1ccc(F)cc1Br. The highest BCUT2D eigenvalue weighted by atomic mass is 79.9. The van der Waals surface area contributed by atoms with Gasteiger partial charge in [-0.1, -0.05) is 60.1 Å². The fourth-order valence-corrected chi connectivity index (χ4v) is 3.10. The summed E-state index contributed by atoms with van der Waals surface area (Å²) in [6, 6.07) is 13.8. The average molecular weight is 350 g/mol. The van der Waals surface area contributed by atoms with Crippen molar-refractivity contribution in [1.82, 2.24) is 5.32 Å². The summed E-state index contributed by atoms with van der Waals surface area (Å²) in [7, 11) is 0. The topological polar surface area (TPSA) is 12.0 Å². The Kier molecular flexibility index (Phi) is 5.95. The van der Waals surface area contributed by atoms with Gasteiger partial charge in [0.05, 0.1) is 0 Å². The first-order valence-corrected chi connectivity index (χ1v) is 8.19. The van der Waals surface area contributed by atoms with E-state index in [0.717, 1.165) is 29.4 Å². The fourth-order valence-electron chi connectivity index (χ4n) is 2.47. The third-order valence-electron chi connectivity index (χ3n) is 3.66. The molecular weight excluding hydrogens is 329 g/mol. The lowest BCUT2D eigenvalue weighted by atomic mass is 9.97. The molecule has 0 spiro atoms. The van der Waals surface area contributed by atoms with Crippen molar-refractivity contribution in [3.63, 3.8) is 0 Å². The molecule has 2 rings (SSSR count). The van der Waals surface area contributed by atoms with Crippen LogP contribution in [0.5, 0.6) is 0 Å². The minimum absolute atomic E-state index is 0.178. The Morgan fingerprint density at radius 1 is 1.05 bits per heavy atom. The Morgan fingerprint density at radius 3 is 2.29 bits per heavy atom. The molecule has 0 saturated carbocycles. The third-order valence-corrected chi connectivity index (χ3v) is 4.35. The van der Waals surface area contributed by atoms with Gasteiger partial charge in [0.15, 0.2) is 0 Å². The monoisotopic (exact) mass is 349 g/mol. The van der Waals surface area contributed by atoms with Gasteiger partial charge < -0.3 is 5.32 Å². The lowest BCUT2D eigenvalue weighted by Crippen LogP contribution is -2.23. The smallest absolute Gasteiger partial charge is 0.124 e. The van der Waals surface area contributed by atoms with Gasteiger partial charge in [-0.2, -0.15) is 0 Å². The second-order valence-corrected chi connectivity index (χ2v) is 6.00. The zero-order valence-corrected chi connectivity index (χ0v) is 14.1. The molecule has 2 aromatic carbocycles. The van der Waals surface area contributed by atoms with E-state index in [1.165, 1.54) is 23.3 Å². The van der Waals surface area contributed by atoms with Crippen LogP contribution in [0.3, 0.4) is 0 Å². The second kappa shape index (κ2) is 7.71. The van der Waals surface area contributed by atoms with Crippen LogP contribution in [-0.4, -0.2) is 6.54 Å². The van der Waals surface area contributed by atoms with Gasteiger partial charge in [-0.15, -0.1) is 0 Å². The van der Waals surface area contributed by atoms with Crippen molar-refractivity contribution in [1.29, 1.82) is 0 Å². The van der Waals surface area contributed by atoms with Crippen LogP contribution in [0, 0.1) is 5.82 Å². The molecule has 1 nitrogen and oxygen atoms in total. The molecule has 2 aromatic rings. The molecule has 3 heteroatoms. The highest BCUT2D eigenvalue weighted by Gasteiger charge is 2.14. The summed E-state index contributed by atoms with van der Waals surface area (Å²) < 4.78 is 14.1. The van der Waals surface area contributed by atoms with Gasteiger partial charge in [-0.3, -0.25) is 0 Å². The van der Waals surface area contributed by atoms with Crippen molar-refractivity contribution in [2.24, 2.45) is 0 Å². The van der Waals surface area contributed by atoms with Crippen LogP contribution >= 0.6 is 15.9 Å². The highest BCUT2D eigenvalue weighted by Crippen LogP contribution is 2.27. The summed E-state index contributed by atoms with van der Waals surface area (Å²) >= 11 is 3.47. The molecule has 0 amide bonds. The lowest BCUT2D eigenvalue weighted by Gasteiger charge is -2.20. The van der Waals surface area contributed by atoms with Crippen LogP contribution in [0.25, 0.3) is 0 Å². The molecule has 1 atom stereocenters. The van der Waals surface area contributed by atoms with E-state index < -0.39 is 0 Å². The molecule has 0 aliphatic rings. The van der Waals surface area contributed by atoms with Crippen LogP contribution in [0.15, 0.2) is 46.9 Å². The van der Waals surface area contributed by atoms with E-state index in [2.05, 4.69) is 59.4 Å². The molecule has 1 unspecified atom stereocenters. The van der Waals surface area contributed by atoms with Gasteiger partial charge in [-0.05, 0) is 48.2 Å². The van der Waals surface area contributed by atoms with Gasteiger partial charge in [-0.25, -0.2) is 4.39 Å². The predicted octanol–water partition coefficient (Wildman–Crippen LogP) is 5.04. The standard InChI is InChI=1S/C18H21BrFN/c1-3-13-5-7-14(8-6-13)11-18(21-4-2)16-10-9-15(20)12-17(16)19/h5-10,12,18,21H,3-4,11H2,1-2H3. The van der Waals surface area contributed by atoms with Crippen molar-refractivity contribution >= 4 is 15.9 Å². The van der Waals surface area contributed by atoms with Gasteiger partial charge in [0.25, 0.3) is 0 Å². The summed E-state index contributed by atoms with van der Waals surface area (Å²) in [5.74, 6) is -0.215. The van der Waals surface area contributed by atoms with Crippen LogP contribution in [-0.2, 0) is 12.8 Å². The fraction of sp³-hybridized carbons (Fsp3) is 0.333. The molecule has 0 aliphatic carbocycles. The molecular formula is C18H21BrFN. The number of hydrogen-bond donors (Lipinski definition) is 1.